The molecule has 2 heterocycles. The molecule has 1 unspecified atom stereocenters. The van der Waals surface area contributed by atoms with Crippen LogP contribution in [-0.4, -0.2) is 53.2 Å². The van der Waals surface area contributed by atoms with Crippen molar-refractivity contribution in [2.24, 2.45) is 0 Å². The summed E-state index contributed by atoms with van der Waals surface area (Å²) in [6.45, 7) is 3.81. The first-order valence-corrected chi connectivity index (χ1v) is 9.47. The molecule has 1 aromatic heterocycles. The fourth-order valence-electron chi connectivity index (χ4n) is 2.98. The van der Waals surface area contributed by atoms with Gasteiger partial charge < -0.3 is 20.1 Å². The third-order valence-corrected chi connectivity index (χ3v) is 4.93. The van der Waals surface area contributed by atoms with Crippen molar-refractivity contribution in [1.82, 2.24) is 9.88 Å². The monoisotopic (exact) mass is 389 g/mol. The van der Waals surface area contributed by atoms with Gasteiger partial charge in [0.1, 0.15) is 24.3 Å². The molecular weight excluding hydrogens is 366 g/mol. The van der Waals surface area contributed by atoms with Gasteiger partial charge in [0.15, 0.2) is 0 Å². The molecule has 144 valence electrons. The molecule has 7 heteroatoms. The molecule has 2 aromatic rings. The lowest BCUT2D eigenvalue weighted by atomic mass is 10.2. The topological polar surface area (TPSA) is 74.7 Å². The van der Waals surface area contributed by atoms with Gasteiger partial charge in [-0.15, -0.1) is 0 Å². The lowest BCUT2D eigenvalue weighted by Gasteiger charge is -2.19. The van der Waals surface area contributed by atoms with Gasteiger partial charge in [0.2, 0.25) is 0 Å². The summed E-state index contributed by atoms with van der Waals surface area (Å²) in [6.07, 6.45) is 2.95. The molecule has 1 amide bonds. The van der Waals surface area contributed by atoms with Gasteiger partial charge in [0.05, 0.1) is 5.56 Å². The van der Waals surface area contributed by atoms with Crippen molar-refractivity contribution in [3.8, 4) is 5.75 Å². The number of nitrogens with one attached hydrogen (secondary N) is 1. The van der Waals surface area contributed by atoms with E-state index in [1.165, 1.54) is 0 Å². The molecule has 27 heavy (non-hydrogen) atoms. The number of amides is 1. The van der Waals surface area contributed by atoms with Crippen molar-refractivity contribution in [2.45, 2.75) is 25.9 Å². The first-order chi connectivity index (χ1) is 13.0. The first kappa shape index (κ1) is 19.5. The summed E-state index contributed by atoms with van der Waals surface area (Å²) in [5.41, 5.74) is 1.45. The number of hydrogen-bond acceptors (Lipinski definition) is 5. The number of carbonyl (C=O) groups excluding carboxylic acids is 1. The minimum absolute atomic E-state index is 0.0227. The van der Waals surface area contributed by atoms with Crippen LogP contribution in [0.1, 0.15) is 28.8 Å². The maximum atomic E-state index is 12.6. The van der Waals surface area contributed by atoms with Gasteiger partial charge in [-0.2, -0.15) is 0 Å². The number of aliphatic hydroxyl groups excluding tert-OH is 1. The first-order valence-electron chi connectivity index (χ1n) is 9.10. The zero-order chi connectivity index (χ0) is 19.2. The highest BCUT2D eigenvalue weighted by atomic mass is 35.5. The number of halogens is 1. The molecule has 1 fully saturated rings. The normalized spacial score (nSPS) is 14.9. The van der Waals surface area contributed by atoms with Gasteiger partial charge in [-0.1, -0.05) is 11.6 Å². The number of rotatable bonds is 7. The van der Waals surface area contributed by atoms with Crippen LogP contribution in [0.2, 0.25) is 5.02 Å². The van der Waals surface area contributed by atoms with E-state index in [0.29, 0.717) is 22.2 Å². The number of carbonyl (C=O) groups is 1. The molecule has 3 rings (SSSR count). The minimum atomic E-state index is -0.752. The van der Waals surface area contributed by atoms with Crippen LogP contribution >= 0.6 is 11.6 Å². The van der Waals surface area contributed by atoms with E-state index in [4.69, 9.17) is 16.3 Å². The summed E-state index contributed by atoms with van der Waals surface area (Å²) < 4.78 is 5.61. The van der Waals surface area contributed by atoms with Crippen LogP contribution in [-0.2, 0) is 0 Å². The van der Waals surface area contributed by atoms with Crippen LogP contribution < -0.4 is 10.1 Å². The smallest absolute Gasteiger partial charge is 0.257 e. The van der Waals surface area contributed by atoms with E-state index in [0.717, 1.165) is 31.5 Å². The summed E-state index contributed by atoms with van der Waals surface area (Å²) in [7, 11) is 0. The molecule has 0 bridgehead atoms. The fraction of sp³-hybridized carbons (Fsp3) is 0.400. The molecule has 0 spiro atoms. The fourth-order valence-corrected chi connectivity index (χ4v) is 3.10. The summed E-state index contributed by atoms with van der Waals surface area (Å²) >= 11 is 6.00. The number of aromatic nitrogens is 1. The average Bonchev–Trinajstić information content (AvgIpc) is 3.22. The van der Waals surface area contributed by atoms with Gasteiger partial charge in [0.25, 0.3) is 5.91 Å². The molecule has 1 saturated heterocycles. The maximum Gasteiger partial charge on any atom is 0.257 e. The Kier molecular flexibility index (Phi) is 6.53. The van der Waals surface area contributed by atoms with E-state index in [1.54, 1.807) is 30.5 Å². The molecule has 1 aliphatic heterocycles. The number of anilines is 1. The average molecular weight is 390 g/mol. The zero-order valence-corrected chi connectivity index (χ0v) is 16.1. The van der Waals surface area contributed by atoms with Crippen LogP contribution in [0, 0.1) is 6.92 Å². The van der Waals surface area contributed by atoms with Crippen molar-refractivity contribution in [3.05, 3.63) is 52.7 Å². The zero-order valence-electron chi connectivity index (χ0n) is 15.3. The molecule has 0 radical (unpaired) electrons. The van der Waals surface area contributed by atoms with Crippen LogP contribution in [0.3, 0.4) is 0 Å². The third-order valence-electron chi connectivity index (χ3n) is 4.51. The largest absolute Gasteiger partial charge is 0.491 e. The second kappa shape index (κ2) is 9.06. The van der Waals surface area contributed by atoms with Crippen molar-refractivity contribution in [1.29, 1.82) is 0 Å². The second-order valence-electron chi connectivity index (χ2n) is 6.66. The number of likely N-dealkylation sites (tertiary alicyclic amines) is 1. The highest BCUT2D eigenvalue weighted by Gasteiger charge is 2.22. The Morgan fingerprint density at radius 1 is 1.37 bits per heavy atom. The minimum Gasteiger partial charge on any atom is -0.491 e. The van der Waals surface area contributed by atoms with E-state index in [9.17, 15) is 9.90 Å². The van der Waals surface area contributed by atoms with Gasteiger partial charge in [-0.05, 0) is 55.7 Å². The number of aliphatic hydroxyl groups is 1. The highest BCUT2D eigenvalue weighted by molar-refractivity contribution is 6.31. The van der Waals surface area contributed by atoms with Crippen LogP contribution in [0.5, 0.6) is 5.75 Å². The van der Waals surface area contributed by atoms with E-state index < -0.39 is 6.10 Å². The molecule has 1 atom stereocenters. The lowest BCUT2D eigenvalue weighted by Crippen LogP contribution is -2.30. The van der Waals surface area contributed by atoms with Crippen LogP contribution in [0.25, 0.3) is 0 Å². The Morgan fingerprint density at radius 2 is 2.15 bits per heavy atom. The third kappa shape index (κ3) is 5.11. The molecule has 6 nitrogen and oxygen atoms in total. The van der Waals surface area contributed by atoms with Crippen molar-refractivity contribution in [3.63, 3.8) is 0 Å². The van der Waals surface area contributed by atoms with Gasteiger partial charge >= 0.3 is 0 Å². The molecule has 1 aromatic carbocycles. The highest BCUT2D eigenvalue weighted by Crippen LogP contribution is 2.21. The number of ether oxygens (including phenoxy) is 1. The predicted molar refractivity (Wildman–Crippen MR) is 106 cm³/mol. The number of hydrogen-bond donors (Lipinski definition) is 2. The van der Waals surface area contributed by atoms with E-state index in [2.05, 4.69) is 10.3 Å². The Morgan fingerprint density at radius 3 is 2.89 bits per heavy atom. The quantitative estimate of drug-likeness (QED) is 0.761. The Labute approximate surface area is 164 Å². The predicted octanol–water partition coefficient (Wildman–Crippen LogP) is 3.13. The molecular formula is C20H24ClN3O3. The molecule has 1 aliphatic rings. The van der Waals surface area contributed by atoms with Crippen LogP contribution in [0.4, 0.5) is 5.82 Å². The van der Waals surface area contributed by atoms with Crippen molar-refractivity contribution >= 4 is 23.3 Å². The number of nitrogens with zero attached hydrogens (tertiary/aromatic N) is 2. The summed E-state index contributed by atoms with van der Waals surface area (Å²) in [6, 6.07) is 8.86. The van der Waals surface area contributed by atoms with Crippen LogP contribution in [0.15, 0.2) is 36.5 Å². The Bertz CT molecular complexity index is 794. The summed E-state index contributed by atoms with van der Waals surface area (Å²) in [5.74, 6) is 1.11. The Balaban J connectivity index is 1.54. The number of pyridine rings is 1. The maximum absolute atomic E-state index is 12.6. The second-order valence-corrected chi connectivity index (χ2v) is 7.06. The summed E-state index contributed by atoms with van der Waals surface area (Å²) in [5, 5.41) is 13.9. The number of benzene rings is 1. The van der Waals surface area contributed by atoms with Gasteiger partial charge in [-0.25, -0.2) is 4.98 Å². The molecule has 0 saturated carbocycles. The molecule has 2 N–H and O–H groups in total. The van der Waals surface area contributed by atoms with E-state index in [1.807, 2.05) is 17.9 Å². The summed E-state index contributed by atoms with van der Waals surface area (Å²) in [4.78, 5) is 18.7. The van der Waals surface area contributed by atoms with E-state index >= 15 is 0 Å². The lowest BCUT2D eigenvalue weighted by molar-refractivity contribution is 0.0793. The number of aryl methyl sites for hydroxylation is 1. The van der Waals surface area contributed by atoms with Crippen molar-refractivity contribution < 1.29 is 14.6 Å². The van der Waals surface area contributed by atoms with Crippen molar-refractivity contribution in [2.75, 3.05) is 31.6 Å². The van der Waals surface area contributed by atoms with Gasteiger partial charge in [-0.3, -0.25) is 4.79 Å². The van der Waals surface area contributed by atoms with E-state index in [-0.39, 0.29) is 19.1 Å². The standard InChI is InChI=1S/C20H24ClN3O3/c1-14-11-16(6-7-18(14)21)27-13-15(25)12-23-19-17(5-4-8-22-19)20(26)24-9-2-3-10-24/h4-8,11,15,25H,2-3,9-10,12-13H2,1H3,(H,22,23). The van der Waals surface area contributed by atoms with Gasteiger partial charge in [0, 0.05) is 30.9 Å². The Hall–Kier alpha value is -2.31. The molecule has 0 aliphatic carbocycles. The SMILES string of the molecule is Cc1cc(OCC(O)CNc2ncccc2C(=O)N2CCCC2)ccc1Cl.